The van der Waals surface area contributed by atoms with Crippen LogP contribution >= 0.6 is 22.9 Å². The first-order valence-corrected chi connectivity index (χ1v) is 6.94. The van der Waals surface area contributed by atoms with E-state index in [-0.39, 0.29) is 11.9 Å². The number of hydrogen-bond acceptors (Lipinski definition) is 3. The topological polar surface area (TPSA) is 24.9 Å². The molecule has 0 aliphatic carbocycles. The molecule has 1 aromatic heterocycles. The quantitative estimate of drug-likeness (QED) is 0.911. The lowest BCUT2D eigenvalue weighted by Gasteiger charge is -2.15. The van der Waals surface area contributed by atoms with Gasteiger partial charge in [0.15, 0.2) is 0 Å². The van der Waals surface area contributed by atoms with E-state index in [0.717, 1.165) is 23.4 Å². The van der Waals surface area contributed by atoms with Crippen LogP contribution in [-0.4, -0.2) is 18.1 Å². The number of nitrogens with zero attached hydrogens (tertiary/aromatic N) is 1. The minimum Gasteiger partial charge on any atom is -0.316 e. The molecule has 2 aromatic rings. The fourth-order valence-corrected chi connectivity index (χ4v) is 2.74. The van der Waals surface area contributed by atoms with Gasteiger partial charge in [-0.1, -0.05) is 17.7 Å². The summed E-state index contributed by atoms with van der Waals surface area (Å²) in [5.74, 6) is -0.301. The van der Waals surface area contributed by atoms with Crippen LogP contribution in [0.3, 0.4) is 0 Å². The van der Waals surface area contributed by atoms with Crippen molar-refractivity contribution in [3.8, 4) is 0 Å². The molecule has 0 saturated heterocycles. The van der Waals surface area contributed by atoms with E-state index in [1.807, 2.05) is 12.4 Å². The number of aromatic nitrogens is 1. The van der Waals surface area contributed by atoms with Crippen LogP contribution in [-0.2, 0) is 12.8 Å². The smallest absolute Gasteiger partial charge is 0.124 e. The number of thiazole rings is 1. The monoisotopic (exact) mass is 284 g/mol. The maximum atomic E-state index is 13.0. The van der Waals surface area contributed by atoms with Crippen molar-refractivity contribution >= 4 is 22.9 Å². The van der Waals surface area contributed by atoms with Crippen molar-refractivity contribution in [2.24, 2.45) is 0 Å². The minimum atomic E-state index is -0.301. The first-order valence-electron chi connectivity index (χ1n) is 5.68. The third-order valence-corrected chi connectivity index (χ3v) is 3.95. The largest absolute Gasteiger partial charge is 0.316 e. The van der Waals surface area contributed by atoms with Crippen molar-refractivity contribution in [3.63, 3.8) is 0 Å². The highest BCUT2D eigenvalue weighted by molar-refractivity contribution is 7.09. The summed E-state index contributed by atoms with van der Waals surface area (Å²) in [5, 5.41) is 6.78. The van der Waals surface area contributed by atoms with Crippen LogP contribution in [0.1, 0.15) is 10.6 Å². The predicted molar refractivity (Wildman–Crippen MR) is 73.8 cm³/mol. The molecule has 1 heterocycles. The van der Waals surface area contributed by atoms with Gasteiger partial charge in [-0.15, -0.1) is 11.3 Å². The van der Waals surface area contributed by atoms with Crippen molar-refractivity contribution in [2.75, 3.05) is 7.05 Å². The number of hydrogen-bond donors (Lipinski definition) is 1. The molecular weight excluding hydrogens is 271 g/mol. The molecular formula is C13H14ClFN2S. The van der Waals surface area contributed by atoms with E-state index in [9.17, 15) is 4.39 Å². The van der Waals surface area contributed by atoms with Crippen LogP contribution in [0.15, 0.2) is 29.8 Å². The molecule has 1 atom stereocenters. The normalized spacial score (nSPS) is 12.6. The summed E-state index contributed by atoms with van der Waals surface area (Å²) >= 11 is 7.67. The molecule has 0 aliphatic heterocycles. The lowest BCUT2D eigenvalue weighted by atomic mass is 10.0. The third kappa shape index (κ3) is 3.51. The van der Waals surface area contributed by atoms with Gasteiger partial charge < -0.3 is 5.32 Å². The molecule has 5 heteroatoms. The van der Waals surface area contributed by atoms with Gasteiger partial charge >= 0.3 is 0 Å². The number of halogens is 2. The highest BCUT2D eigenvalue weighted by Crippen LogP contribution is 2.20. The Morgan fingerprint density at radius 1 is 1.44 bits per heavy atom. The molecule has 0 saturated carbocycles. The highest BCUT2D eigenvalue weighted by Gasteiger charge is 2.12. The van der Waals surface area contributed by atoms with Gasteiger partial charge in [-0.05, 0) is 31.2 Å². The van der Waals surface area contributed by atoms with E-state index in [1.165, 1.54) is 12.1 Å². The molecule has 0 spiro atoms. The van der Waals surface area contributed by atoms with Crippen molar-refractivity contribution in [3.05, 3.63) is 51.2 Å². The van der Waals surface area contributed by atoms with Gasteiger partial charge in [-0.25, -0.2) is 9.37 Å². The second kappa shape index (κ2) is 6.27. The van der Waals surface area contributed by atoms with E-state index in [0.29, 0.717) is 5.02 Å². The summed E-state index contributed by atoms with van der Waals surface area (Å²) in [7, 11) is 1.91. The van der Waals surface area contributed by atoms with Crippen LogP contribution < -0.4 is 5.32 Å². The molecule has 0 bridgehead atoms. The maximum Gasteiger partial charge on any atom is 0.124 e. The molecule has 1 unspecified atom stereocenters. The van der Waals surface area contributed by atoms with Crippen molar-refractivity contribution in [1.82, 2.24) is 10.3 Å². The number of likely N-dealkylation sites (N-methyl/N-ethyl adjacent to an activating group) is 1. The fourth-order valence-electron chi connectivity index (χ4n) is 1.79. The van der Waals surface area contributed by atoms with Gasteiger partial charge in [0.25, 0.3) is 0 Å². The Labute approximate surface area is 115 Å². The molecule has 1 N–H and O–H groups in total. The molecule has 2 nitrogen and oxygen atoms in total. The van der Waals surface area contributed by atoms with Crippen LogP contribution in [0.5, 0.6) is 0 Å². The van der Waals surface area contributed by atoms with Crippen LogP contribution in [0, 0.1) is 5.82 Å². The summed E-state index contributed by atoms with van der Waals surface area (Å²) in [4.78, 5) is 4.27. The zero-order valence-electron chi connectivity index (χ0n) is 9.99. The summed E-state index contributed by atoms with van der Waals surface area (Å²) < 4.78 is 13.0. The van der Waals surface area contributed by atoms with Gasteiger partial charge in [-0.3, -0.25) is 0 Å². The molecule has 0 radical (unpaired) electrons. The Balaban J connectivity index is 2.05. The van der Waals surface area contributed by atoms with E-state index >= 15 is 0 Å². The molecule has 96 valence electrons. The van der Waals surface area contributed by atoms with Crippen LogP contribution in [0.2, 0.25) is 5.02 Å². The molecule has 2 rings (SSSR count). The Bertz CT molecular complexity index is 502. The Morgan fingerprint density at radius 3 is 2.89 bits per heavy atom. The van der Waals surface area contributed by atoms with Crippen molar-refractivity contribution in [2.45, 2.75) is 18.9 Å². The fraction of sp³-hybridized carbons (Fsp3) is 0.308. The zero-order valence-corrected chi connectivity index (χ0v) is 11.6. The average Bonchev–Trinajstić information content (AvgIpc) is 2.84. The molecule has 18 heavy (non-hydrogen) atoms. The number of benzene rings is 1. The van der Waals surface area contributed by atoms with E-state index < -0.39 is 0 Å². The summed E-state index contributed by atoms with van der Waals surface area (Å²) in [6.45, 7) is 0. The Morgan fingerprint density at radius 2 is 2.28 bits per heavy atom. The first kappa shape index (κ1) is 13.5. The van der Waals surface area contributed by atoms with E-state index in [1.54, 1.807) is 23.6 Å². The van der Waals surface area contributed by atoms with Crippen LogP contribution in [0.4, 0.5) is 4.39 Å². The van der Waals surface area contributed by atoms with E-state index in [2.05, 4.69) is 10.3 Å². The van der Waals surface area contributed by atoms with Crippen molar-refractivity contribution < 1.29 is 4.39 Å². The van der Waals surface area contributed by atoms with Gasteiger partial charge in [0.2, 0.25) is 0 Å². The van der Waals surface area contributed by atoms with Gasteiger partial charge in [0.1, 0.15) is 5.82 Å². The Kier molecular flexibility index (Phi) is 4.69. The van der Waals surface area contributed by atoms with Gasteiger partial charge in [-0.2, -0.15) is 0 Å². The molecule has 1 aromatic carbocycles. The second-order valence-corrected chi connectivity index (χ2v) is 5.44. The maximum absolute atomic E-state index is 13.0. The van der Waals surface area contributed by atoms with Gasteiger partial charge in [0, 0.05) is 29.1 Å². The number of nitrogens with one attached hydrogen (secondary N) is 1. The number of rotatable bonds is 5. The SMILES string of the molecule is CNC(Cc1nccs1)Cc1ccc(F)cc1Cl. The third-order valence-electron chi connectivity index (χ3n) is 2.79. The summed E-state index contributed by atoms with van der Waals surface area (Å²) in [6, 6.07) is 4.79. The molecule has 0 fully saturated rings. The highest BCUT2D eigenvalue weighted by atomic mass is 35.5. The minimum absolute atomic E-state index is 0.249. The van der Waals surface area contributed by atoms with E-state index in [4.69, 9.17) is 11.6 Å². The Hall–Kier alpha value is -0.970. The van der Waals surface area contributed by atoms with Gasteiger partial charge in [0.05, 0.1) is 5.01 Å². The second-order valence-electron chi connectivity index (χ2n) is 4.06. The predicted octanol–water partition coefficient (Wildman–Crippen LogP) is 3.31. The zero-order chi connectivity index (χ0) is 13.0. The summed E-state index contributed by atoms with van der Waals surface area (Å²) in [6.07, 6.45) is 3.41. The standard InChI is InChI=1S/C13H14ClFN2S/c1-16-11(8-13-17-4-5-18-13)6-9-2-3-10(15)7-12(9)14/h2-5,7,11,16H,6,8H2,1H3. The molecule has 0 aliphatic rings. The lowest BCUT2D eigenvalue weighted by Crippen LogP contribution is -2.30. The summed E-state index contributed by atoms with van der Waals surface area (Å²) in [5.41, 5.74) is 0.953. The average molecular weight is 285 g/mol. The van der Waals surface area contributed by atoms with Crippen LogP contribution in [0.25, 0.3) is 0 Å². The van der Waals surface area contributed by atoms with Crippen molar-refractivity contribution in [1.29, 1.82) is 0 Å². The molecule has 0 amide bonds. The first-order chi connectivity index (χ1) is 8.69. The lowest BCUT2D eigenvalue weighted by molar-refractivity contribution is 0.554.